The first-order chi connectivity index (χ1) is 14.2. The van der Waals surface area contributed by atoms with Gasteiger partial charge in [0.05, 0.1) is 32.2 Å². The second-order valence-electron chi connectivity index (χ2n) is 6.87. The van der Waals surface area contributed by atoms with Gasteiger partial charge in [0.1, 0.15) is 11.5 Å². The molecule has 0 radical (unpaired) electrons. The lowest BCUT2D eigenvalue weighted by molar-refractivity contribution is 0.208. The van der Waals surface area contributed by atoms with Crippen LogP contribution in [0.4, 0.5) is 5.69 Å². The molecular weight excluding hydrogens is 519 g/mol. The zero-order chi connectivity index (χ0) is 20.5. The highest BCUT2D eigenvalue weighted by Gasteiger charge is 2.25. The van der Waals surface area contributed by atoms with E-state index in [2.05, 4.69) is 20.5 Å². The molecule has 0 amide bonds. The average Bonchev–Trinajstić information content (AvgIpc) is 3.40. The number of hydrogen-bond acceptors (Lipinski definition) is 5. The monoisotopic (exact) mass is 548 g/mol. The van der Waals surface area contributed by atoms with Gasteiger partial charge in [-0.3, -0.25) is 4.99 Å². The summed E-state index contributed by atoms with van der Waals surface area (Å²) in [4.78, 5) is 6.91. The van der Waals surface area contributed by atoms with E-state index in [1.54, 1.807) is 20.5 Å². The lowest BCUT2D eigenvalue weighted by Crippen LogP contribution is -2.45. The van der Waals surface area contributed by atoms with E-state index in [0.717, 1.165) is 55.6 Å². The number of ether oxygens (including phenoxy) is 2. The third-order valence-electron chi connectivity index (χ3n) is 4.82. The molecule has 0 spiro atoms. The summed E-state index contributed by atoms with van der Waals surface area (Å²) in [7, 11) is 3.36. The number of methoxy groups -OCH3 is 2. The molecule has 30 heavy (non-hydrogen) atoms. The van der Waals surface area contributed by atoms with E-state index in [1.165, 1.54) is 0 Å². The van der Waals surface area contributed by atoms with Crippen LogP contribution in [0.2, 0.25) is 5.02 Å². The van der Waals surface area contributed by atoms with Crippen molar-refractivity contribution in [2.24, 2.45) is 4.99 Å². The quantitative estimate of drug-likeness (QED) is 0.216. The van der Waals surface area contributed by atoms with Crippen molar-refractivity contribution in [3.8, 4) is 5.75 Å². The van der Waals surface area contributed by atoms with E-state index in [1.807, 2.05) is 30.3 Å². The second-order valence-corrected chi connectivity index (χ2v) is 7.31. The van der Waals surface area contributed by atoms with Crippen molar-refractivity contribution in [2.75, 3.05) is 51.9 Å². The molecule has 1 aromatic carbocycles. The van der Waals surface area contributed by atoms with Gasteiger partial charge in [0.25, 0.3) is 0 Å². The Morgan fingerprint density at radius 3 is 2.93 bits per heavy atom. The Labute approximate surface area is 200 Å². The highest BCUT2D eigenvalue weighted by Crippen LogP contribution is 2.33. The highest BCUT2D eigenvalue weighted by molar-refractivity contribution is 14.0. The van der Waals surface area contributed by atoms with Crippen molar-refractivity contribution < 1.29 is 13.9 Å². The van der Waals surface area contributed by atoms with Crippen molar-refractivity contribution in [1.82, 2.24) is 10.6 Å². The van der Waals surface area contributed by atoms with Gasteiger partial charge < -0.3 is 29.4 Å². The van der Waals surface area contributed by atoms with Crippen LogP contribution >= 0.6 is 35.6 Å². The number of halogens is 2. The standard InChI is InChI=1S/C21H29ClN4O3.HI/c1-27-13-10-24-21(23-9-7-18-4-3-12-29-18)25-17-8-11-26(15-17)19-14-16(22)5-6-20(19)28-2;/h3-6,12,14,17H,7-11,13,15H2,1-2H3,(H2,23,24,25);1H. The largest absolute Gasteiger partial charge is 0.495 e. The summed E-state index contributed by atoms with van der Waals surface area (Å²) in [5.41, 5.74) is 1.02. The third-order valence-corrected chi connectivity index (χ3v) is 5.06. The first-order valence-corrected chi connectivity index (χ1v) is 10.2. The number of nitrogens with one attached hydrogen (secondary N) is 2. The number of aliphatic imine (C=N–C) groups is 1. The Bertz CT molecular complexity index is 789. The molecule has 1 atom stereocenters. The van der Waals surface area contributed by atoms with Crippen molar-refractivity contribution in [1.29, 1.82) is 0 Å². The number of rotatable bonds is 9. The zero-order valence-corrected chi connectivity index (χ0v) is 20.5. The summed E-state index contributed by atoms with van der Waals surface area (Å²) >= 11 is 6.20. The molecule has 1 unspecified atom stereocenters. The molecule has 0 aliphatic carbocycles. The van der Waals surface area contributed by atoms with E-state index in [4.69, 9.17) is 25.5 Å². The molecule has 9 heteroatoms. The van der Waals surface area contributed by atoms with Gasteiger partial charge in [-0.1, -0.05) is 11.6 Å². The maximum Gasteiger partial charge on any atom is 0.191 e. The zero-order valence-electron chi connectivity index (χ0n) is 17.4. The van der Waals surface area contributed by atoms with E-state index in [9.17, 15) is 0 Å². The van der Waals surface area contributed by atoms with Crippen molar-refractivity contribution >= 4 is 47.2 Å². The van der Waals surface area contributed by atoms with Gasteiger partial charge in [-0.2, -0.15) is 0 Å². The Morgan fingerprint density at radius 1 is 1.33 bits per heavy atom. The minimum Gasteiger partial charge on any atom is -0.495 e. The normalized spacial score (nSPS) is 16.3. The predicted octanol–water partition coefficient (Wildman–Crippen LogP) is 3.56. The van der Waals surface area contributed by atoms with Crippen LogP contribution in [0.3, 0.4) is 0 Å². The molecule has 3 rings (SSSR count). The molecule has 1 aromatic heterocycles. The van der Waals surface area contributed by atoms with Crippen LogP contribution < -0.4 is 20.3 Å². The Balaban J connectivity index is 0.00000320. The van der Waals surface area contributed by atoms with E-state index >= 15 is 0 Å². The Morgan fingerprint density at radius 2 is 2.20 bits per heavy atom. The fourth-order valence-electron chi connectivity index (χ4n) is 3.36. The smallest absolute Gasteiger partial charge is 0.191 e. The molecule has 0 saturated carbocycles. The fraction of sp³-hybridized carbons (Fsp3) is 0.476. The summed E-state index contributed by atoms with van der Waals surface area (Å²) in [5, 5.41) is 7.64. The molecule has 2 N–H and O–H groups in total. The molecule has 166 valence electrons. The number of nitrogens with zero attached hydrogens (tertiary/aromatic N) is 2. The van der Waals surface area contributed by atoms with Gasteiger partial charge in [-0.15, -0.1) is 24.0 Å². The SMILES string of the molecule is COCCN=C(NCCc1ccco1)NC1CCN(c2cc(Cl)ccc2OC)C1.I. The number of anilines is 1. The van der Waals surface area contributed by atoms with Crippen molar-refractivity contribution in [3.05, 3.63) is 47.4 Å². The number of hydrogen-bond donors (Lipinski definition) is 2. The first-order valence-electron chi connectivity index (χ1n) is 9.84. The Hall–Kier alpha value is -1.65. The van der Waals surface area contributed by atoms with Gasteiger partial charge in [-0.05, 0) is 36.8 Å². The Kier molecular flexibility index (Phi) is 10.6. The van der Waals surface area contributed by atoms with E-state index in [0.29, 0.717) is 18.2 Å². The predicted molar refractivity (Wildman–Crippen MR) is 132 cm³/mol. The summed E-state index contributed by atoms with van der Waals surface area (Å²) in [6.45, 7) is 3.70. The van der Waals surface area contributed by atoms with Crippen LogP contribution in [0.15, 0.2) is 46.0 Å². The highest BCUT2D eigenvalue weighted by atomic mass is 127. The van der Waals surface area contributed by atoms with E-state index in [-0.39, 0.29) is 30.0 Å². The van der Waals surface area contributed by atoms with Crippen molar-refractivity contribution in [3.63, 3.8) is 0 Å². The maximum atomic E-state index is 6.20. The molecular formula is C21H30ClIN4O3. The van der Waals surface area contributed by atoms with Gasteiger partial charge in [0, 0.05) is 44.2 Å². The first kappa shape index (κ1) is 24.6. The third kappa shape index (κ3) is 7.24. The lowest BCUT2D eigenvalue weighted by Gasteiger charge is -2.22. The van der Waals surface area contributed by atoms with Gasteiger partial charge in [0.15, 0.2) is 5.96 Å². The van der Waals surface area contributed by atoms with Crippen LogP contribution in [-0.2, 0) is 11.2 Å². The van der Waals surface area contributed by atoms with Gasteiger partial charge >= 0.3 is 0 Å². The van der Waals surface area contributed by atoms with E-state index < -0.39 is 0 Å². The van der Waals surface area contributed by atoms with Crippen molar-refractivity contribution in [2.45, 2.75) is 18.9 Å². The number of furan rings is 1. The van der Waals surface area contributed by atoms with Crippen LogP contribution in [0, 0.1) is 0 Å². The minimum absolute atomic E-state index is 0. The summed E-state index contributed by atoms with van der Waals surface area (Å²) in [6, 6.07) is 9.86. The van der Waals surface area contributed by atoms with Crippen LogP contribution in [0.1, 0.15) is 12.2 Å². The van der Waals surface area contributed by atoms with Gasteiger partial charge in [0.2, 0.25) is 0 Å². The lowest BCUT2D eigenvalue weighted by atomic mass is 10.2. The molecule has 2 aromatic rings. The topological polar surface area (TPSA) is 71.3 Å². The average molecular weight is 549 g/mol. The number of guanidine groups is 1. The van der Waals surface area contributed by atoms with Crippen LogP contribution in [-0.4, -0.2) is 59.0 Å². The molecule has 2 heterocycles. The van der Waals surface area contributed by atoms with Gasteiger partial charge in [-0.25, -0.2) is 0 Å². The molecule has 1 saturated heterocycles. The molecule has 1 aliphatic heterocycles. The number of benzene rings is 1. The summed E-state index contributed by atoms with van der Waals surface area (Å²) < 4.78 is 16.0. The van der Waals surface area contributed by atoms with Crippen LogP contribution in [0.5, 0.6) is 5.75 Å². The summed E-state index contributed by atoms with van der Waals surface area (Å²) in [6.07, 6.45) is 3.49. The maximum absolute atomic E-state index is 6.20. The van der Waals surface area contributed by atoms with Crippen LogP contribution in [0.25, 0.3) is 0 Å². The fourth-order valence-corrected chi connectivity index (χ4v) is 3.53. The molecule has 1 fully saturated rings. The summed E-state index contributed by atoms with van der Waals surface area (Å²) in [5.74, 6) is 2.58. The molecule has 0 bridgehead atoms. The molecule has 7 nitrogen and oxygen atoms in total. The second kappa shape index (κ2) is 12.9. The minimum atomic E-state index is 0. The molecule has 1 aliphatic rings.